The lowest BCUT2D eigenvalue weighted by molar-refractivity contribution is 0.0697. The first kappa shape index (κ1) is 20.4. The van der Waals surface area contributed by atoms with Gasteiger partial charge in [0.05, 0.1) is 16.6 Å². The van der Waals surface area contributed by atoms with E-state index >= 15 is 0 Å². The second-order valence-electron chi connectivity index (χ2n) is 6.46. The molecule has 0 bridgehead atoms. The number of rotatable bonds is 8. The fourth-order valence-corrected chi connectivity index (χ4v) is 3.96. The van der Waals surface area contributed by atoms with Gasteiger partial charge in [-0.05, 0) is 69.7 Å². The third kappa shape index (κ3) is 5.60. The molecule has 3 aromatic rings. The number of carboxylic acid groups (broad SMARTS) is 1. The molecule has 3 aromatic carbocycles. The Morgan fingerprint density at radius 2 is 1.61 bits per heavy atom. The lowest BCUT2D eigenvalue weighted by atomic mass is 10.0. The third-order valence-electron chi connectivity index (χ3n) is 4.45. The molecule has 5 heteroatoms. The number of carboxylic acids is 1. The maximum atomic E-state index is 11.0. The lowest BCUT2D eigenvalue weighted by Gasteiger charge is -2.14. The van der Waals surface area contributed by atoms with Gasteiger partial charge in [-0.1, -0.05) is 54.1 Å². The van der Waals surface area contributed by atoms with Gasteiger partial charge >= 0.3 is 5.97 Å². The van der Waals surface area contributed by atoms with Crippen molar-refractivity contribution in [3.05, 3.63) is 98.5 Å². The van der Waals surface area contributed by atoms with E-state index in [0.717, 1.165) is 40.6 Å². The van der Waals surface area contributed by atoms with E-state index in [4.69, 9.17) is 21.4 Å². The van der Waals surface area contributed by atoms with Gasteiger partial charge in [0.2, 0.25) is 0 Å². The van der Waals surface area contributed by atoms with Crippen LogP contribution in [0.2, 0.25) is 5.02 Å². The standard InChI is InChI=1S/C23H20BrClO3/c24-21-15-20(25)14-19(11-8-17-6-9-18(10-7-17)23(26)27)22(21)28-13-12-16-4-2-1-3-5-16/h1-7,9-10,14-15H,8,11-13H2,(H,26,27). The van der Waals surface area contributed by atoms with Crippen molar-refractivity contribution in [2.45, 2.75) is 19.3 Å². The monoisotopic (exact) mass is 458 g/mol. The highest BCUT2D eigenvalue weighted by Crippen LogP contribution is 2.33. The number of aromatic carboxylic acids is 1. The van der Waals surface area contributed by atoms with E-state index in [0.29, 0.717) is 17.2 Å². The number of ether oxygens (including phenoxy) is 1. The maximum Gasteiger partial charge on any atom is 0.335 e. The molecule has 0 aliphatic rings. The topological polar surface area (TPSA) is 46.5 Å². The van der Waals surface area contributed by atoms with Crippen LogP contribution in [-0.2, 0) is 19.3 Å². The predicted molar refractivity (Wildman–Crippen MR) is 116 cm³/mol. The molecule has 0 aromatic heterocycles. The summed E-state index contributed by atoms with van der Waals surface area (Å²) in [6.07, 6.45) is 2.33. The Bertz CT molecular complexity index is 940. The van der Waals surface area contributed by atoms with Crippen LogP contribution in [0.4, 0.5) is 0 Å². The Balaban J connectivity index is 1.68. The van der Waals surface area contributed by atoms with Crippen molar-refractivity contribution in [3.8, 4) is 5.75 Å². The number of halogens is 2. The summed E-state index contributed by atoms with van der Waals surface area (Å²) in [5.41, 5.74) is 3.61. The van der Waals surface area contributed by atoms with Gasteiger partial charge in [-0.3, -0.25) is 0 Å². The van der Waals surface area contributed by atoms with Crippen molar-refractivity contribution < 1.29 is 14.6 Å². The summed E-state index contributed by atoms with van der Waals surface area (Å²) in [5.74, 6) is -0.109. The predicted octanol–water partition coefficient (Wildman–Crippen LogP) is 6.21. The van der Waals surface area contributed by atoms with Gasteiger partial charge in [0, 0.05) is 11.4 Å². The van der Waals surface area contributed by atoms with Gasteiger partial charge in [-0.15, -0.1) is 0 Å². The SMILES string of the molecule is O=C(O)c1ccc(CCc2cc(Cl)cc(Br)c2OCCc2ccccc2)cc1. The summed E-state index contributed by atoms with van der Waals surface area (Å²) in [6.45, 7) is 0.574. The van der Waals surface area contributed by atoms with Crippen LogP contribution in [0.1, 0.15) is 27.0 Å². The molecule has 0 heterocycles. The molecule has 144 valence electrons. The quantitative estimate of drug-likeness (QED) is 0.436. The Morgan fingerprint density at radius 3 is 2.29 bits per heavy atom. The number of carbonyl (C=O) groups is 1. The van der Waals surface area contributed by atoms with E-state index in [-0.39, 0.29) is 0 Å². The molecule has 0 saturated heterocycles. The molecule has 0 fully saturated rings. The summed E-state index contributed by atoms with van der Waals surface area (Å²) < 4.78 is 6.92. The average molecular weight is 460 g/mol. The van der Waals surface area contributed by atoms with Crippen molar-refractivity contribution in [2.75, 3.05) is 6.61 Å². The summed E-state index contributed by atoms with van der Waals surface area (Å²) >= 11 is 9.80. The van der Waals surface area contributed by atoms with Crippen LogP contribution in [0.3, 0.4) is 0 Å². The average Bonchev–Trinajstić information content (AvgIpc) is 2.69. The molecule has 0 atom stereocenters. The summed E-state index contributed by atoms with van der Waals surface area (Å²) in [7, 11) is 0. The molecule has 0 aliphatic heterocycles. The Kier molecular flexibility index (Phi) is 7.12. The van der Waals surface area contributed by atoms with Crippen molar-refractivity contribution in [2.24, 2.45) is 0 Å². The second kappa shape index (κ2) is 9.76. The van der Waals surface area contributed by atoms with Crippen LogP contribution in [0.5, 0.6) is 5.75 Å². The molecule has 0 saturated carbocycles. The van der Waals surface area contributed by atoms with Gasteiger partial charge in [-0.25, -0.2) is 4.79 Å². The number of hydrogen-bond acceptors (Lipinski definition) is 2. The summed E-state index contributed by atoms with van der Waals surface area (Å²) in [6, 6.07) is 20.9. The minimum atomic E-state index is -0.917. The Labute approximate surface area is 178 Å². The van der Waals surface area contributed by atoms with Crippen LogP contribution >= 0.6 is 27.5 Å². The zero-order chi connectivity index (χ0) is 19.9. The fourth-order valence-electron chi connectivity index (χ4n) is 2.97. The molecule has 3 nitrogen and oxygen atoms in total. The van der Waals surface area contributed by atoms with Crippen LogP contribution in [0, 0.1) is 0 Å². The summed E-state index contributed by atoms with van der Waals surface area (Å²) in [5, 5.41) is 9.66. The molecular formula is C23H20BrClO3. The highest BCUT2D eigenvalue weighted by atomic mass is 79.9. The van der Waals surface area contributed by atoms with E-state index in [1.165, 1.54) is 5.56 Å². The fraction of sp³-hybridized carbons (Fsp3) is 0.174. The first-order chi connectivity index (χ1) is 13.5. The Hall–Kier alpha value is -2.30. The molecule has 0 unspecified atom stereocenters. The highest BCUT2D eigenvalue weighted by Gasteiger charge is 2.11. The Morgan fingerprint density at radius 1 is 0.929 bits per heavy atom. The molecule has 0 aliphatic carbocycles. The number of hydrogen-bond donors (Lipinski definition) is 1. The van der Waals surface area contributed by atoms with Gasteiger partial charge < -0.3 is 9.84 Å². The number of aryl methyl sites for hydroxylation is 2. The van der Waals surface area contributed by atoms with E-state index in [9.17, 15) is 4.79 Å². The largest absolute Gasteiger partial charge is 0.492 e. The van der Waals surface area contributed by atoms with Crippen molar-refractivity contribution in [3.63, 3.8) is 0 Å². The van der Waals surface area contributed by atoms with Gasteiger partial charge in [0.15, 0.2) is 0 Å². The molecule has 0 radical (unpaired) electrons. The zero-order valence-electron chi connectivity index (χ0n) is 15.2. The third-order valence-corrected chi connectivity index (χ3v) is 5.26. The molecule has 0 amide bonds. The molecule has 0 spiro atoms. The van der Waals surface area contributed by atoms with E-state index in [1.54, 1.807) is 12.1 Å². The van der Waals surface area contributed by atoms with Crippen molar-refractivity contribution >= 4 is 33.5 Å². The first-order valence-corrected chi connectivity index (χ1v) is 10.2. The molecule has 3 rings (SSSR count). The minimum Gasteiger partial charge on any atom is -0.492 e. The lowest BCUT2D eigenvalue weighted by Crippen LogP contribution is -2.05. The van der Waals surface area contributed by atoms with Crippen LogP contribution in [0.25, 0.3) is 0 Å². The van der Waals surface area contributed by atoms with Gasteiger partial charge in [0.1, 0.15) is 5.75 Å². The maximum absolute atomic E-state index is 11.0. The van der Waals surface area contributed by atoms with Crippen LogP contribution in [0.15, 0.2) is 71.2 Å². The van der Waals surface area contributed by atoms with Gasteiger partial charge in [-0.2, -0.15) is 0 Å². The molecule has 28 heavy (non-hydrogen) atoms. The zero-order valence-corrected chi connectivity index (χ0v) is 17.5. The van der Waals surface area contributed by atoms with Crippen LogP contribution in [-0.4, -0.2) is 17.7 Å². The smallest absolute Gasteiger partial charge is 0.335 e. The number of benzene rings is 3. The molecular weight excluding hydrogens is 440 g/mol. The second-order valence-corrected chi connectivity index (χ2v) is 7.75. The minimum absolute atomic E-state index is 0.291. The van der Waals surface area contributed by atoms with Gasteiger partial charge in [0.25, 0.3) is 0 Å². The summed E-state index contributed by atoms with van der Waals surface area (Å²) in [4.78, 5) is 11.0. The normalized spacial score (nSPS) is 10.6. The van der Waals surface area contributed by atoms with Crippen molar-refractivity contribution in [1.29, 1.82) is 0 Å². The highest BCUT2D eigenvalue weighted by molar-refractivity contribution is 9.10. The van der Waals surface area contributed by atoms with E-state index in [2.05, 4.69) is 28.1 Å². The molecule has 1 N–H and O–H groups in total. The van der Waals surface area contributed by atoms with Crippen LogP contribution < -0.4 is 4.74 Å². The first-order valence-electron chi connectivity index (χ1n) is 9.00. The van der Waals surface area contributed by atoms with E-state index in [1.807, 2.05) is 42.5 Å². The van der Waals surface area contributed by atoms with E-state index < -0.39 is 5.97 Å². The van der Waals surface area contributed by atoms with Crippen molar-refractivity contribution in [1.82, 2.24) is 0 Å².